The van der Waals surface area contributed by atoms with Gasteiger partial charge in [0, 0.05) is 145 Å². The van der Waals surface area contributed by atoms with E-state index in [0.29, 0.717) is 114 Å². The van der Waals surface area contributed by atoms with Crippen LogP contribution in [0.4, 0.5) is 47.8 Å². The molecule has 0 amide bonds. The van der Waals surface area contributed by atoms with Crippen molar-refractivity contribution >= 4 is 315 Å². The predicted molar refractivity (Wildman–Crippen MR) is 488 cm³/mol. The lowest BCUT2D eigenvalue weighted by molar-refractivity contribution is -0.118. The molecule has 0 spiro atoms. The number of methoxy groups -OCH3 is 1. The second-order valence-corrected chi connectivity index (χ2v) is 42.4. The highest BCUT2D eigenvalue weighted by molar-refractivity contribution is 14.1. The lowest BCUT2D eigenvalue weighted by Gasteiger charge is -2.15. The van der Waals surface area contributed by atoms with Crippen LogP contribution in [0.3, 0.4) is 0 Å². The molecule has 0 saturated carbocycles. The summed E-state index contributed by atoms with van der Waals surface area (Å²) in [4.78, 5) is 33.5. The van der Waals surface area contributed by atoms with Gasteiger partial charge in [-0.1, -0.05) is 22.3 Å². The molecule has 3 atom stereocenters. The third kappa shape index (κ3) is 22.8. The first-order valence-corrected chi connectivity index (χ1v) is 49.2. The van der Waals surface area contributed by atoms with Crippen molar-refractivity contribution < 1.29 is 67.6 Å². The summed E-state index contributed by atoms with van der Waals surface area (Å²) >= 11 is 34.5. The van der Waals surface area contributed by atoms with Crippen LogP contribution in [0.25, 0.3) is 22.3 Å². The minimum absolute atomic E-state index is 0.0101. The molecule has 0 aromatic heterocycles. The van der Waals surface area contributed by atoms with Gasteiger partial charge in [-0.15, -0.1) is 0 Å². The summed E-state index contributed by atoms with van der Waals surface area (Å²) in [7, 11) is -1.35. The van der Waals surface area contributed by atoms with E-state index < -0.39 is 56.0 Å². The number of hydrogen-bond acceptors (Lipinski definition) is 13. The maximum Gasteiger partial charge on any atom is 0.338 e. The van der Waals surface area contributed by atoms with Crippen molar-refractivity contribution in [1.29, 1.82) is 0 Å². The number of aromatic carboxylic acids is 1. The molecule has 109 heavy (non-hydrogen) atoms. The van der Waals surface area contributed by atoms with Crippen LogP contribution in [0.15, 0.2) is 120 Å². The average Bonchev–Trinajstić information content (AvgIpc) is 1.63. The van der Waals surface area contributed by atoms with E-state index in [9.17, 15) is 62.8 Å². The van der Waals surface area contributed by atoms with Gasteiger partial charge in [-0.05, 0) is 370 Å². The third-order valence-corrected chi connectivity index (χ3v) is 32.6. The molecular formula is C74H62Br7F7I4N4O8S5. The molecule has 0 bridgehead atoms. The molecule has 1 fully saturated rings. The predicted octanol–water partition coefficient (Wildman–Crippen LogP) is 22.4. The van der Waals surface area contributed by atoms with Crippen LogP contribution < -0.4 is 22.7 Å². The fraction of sp³-hybridized carbons (Fsp3) is 0.284. The summed E-state index contributed by atoms with van der Waals surface area (Å²) in [5.74, 6) is 9.45. The second kappa shape index (κ2) is 41.7. The number of nitrogen functional groups attached to an aromatic ring is 3. The molecular weight excluding hydrogens is 2430 g/mol. The van der Waals surface area contributed by atoms with Crippen molar-refractivity contribution in [2.45, 2.75) is 64.2 Å². The van der Waals surface area contributed by atoms with Crippen LogP contribution in [0.2, 0.25) is 0 Å². The monoisotopic (exact) mass is 2490 g/mol. The van der Waals surface area contributed by atoms with Crippen molar-refractivity contribution in [3.05, 3.63) is 231 Å². The first-order valence-electron chi connectivity index (χ1n) is 32.6. The van der Waals surface area contributed by atoms with Gasteiger partial charge in [0.1, 0.15) is 46.5 Å². The Bertz CT molecular complexity index is 5010. The van der Waals surface area contributed by atoms with Crippen LogP contribution in [0.5, 0.6) is 0 Å². The largest absolute Gasteiger partial charge is 0.478 e. The highest BCUT2D eigenvalue weighted by Gasteiger charge is 2.37. The fourth-order valence-electron chi connectivity index (χ4n) is 12.8. The van der Waals surface area contributed by atoms with Gasteiger partial charge >= 0.3 is 11.9 Å². The van der Waals surface area contributed by atoms with E-state index in [2.05, 4.69) is 162 Å². The molecule has 0 radical (unpaired) electrons. The summed E-state index contributed by atoms with van der Waals surface area (Å²) in [5.41, 5.74) is 32.2. The standard InChI is InChI=1S/C14H12BrFO3S.C13H10BrFO3S.C12H9BrFIOS.C12H9BrFIS.C6H5BrFIN2.C6H4BrFIN.C6H5BrFN.C5H8OS/c1-19-14(17)9-5-11(16)13(15)12-8(9)4-7-2-3-20(18)6-10(7)12;14-12-10(15)4-8(13(16)17)7-3-6-1-2-19(18)5-9(6)11(7)12;13-12-9(14)4-10(15)7-3-6-1-2-17(16)5-8(6)11(7)12;13-12-9(14)4-10(15)7-3-6-1-2-16-5-8(6)11(7)12;7-3-1-6(11-10)5(9)2-4(3)8;7-3-1-6(10)5(9)2-4(3)8;7-5-3-4(9)1-2-6(5)8;6-5-1-3-7-4-2-5/h5H,2-4,6H2,1H3;4H,1-3,5H2,(H,16,17);4H,1-3,5H2;4H,1-3,5H2;1-2,11H,10H2;1-2H,10H2;1-3H,9H2;1-4H2. The number of nitrogens with one attached hydrogen (secondary N) is 1. The van der Waals surface area contributed by atoms with Crippen molar-refractivity contribution in [3.8, 4) is 0 Å². The Morgan fingerprint density at radius 1 is 0.477 bits per heavy atom. The number of hydrazine groups is 1. The summed E-state index contributed by atoms with van der Waals surface area (Å²) < 4.78 is 140. The van der Waals surface area contributed by atoms with Gasteiger partial charge in [0.05, 0.1) is 55.2 Å². The number of fused-ring (bicyclic) bond motifs is 8. The number of esters is 1. The zero-order chi connectivity index (χ0) is 79.7. The van der Waals surface area contributed by atoms with Gasteiger partial charge < -0.3 is 26.7 Å². The van der Waals surface area contributed by atoms with Gasteiger partial charge in [0.25, 0.3) is 0 Å². The number of anilines is 3. The highest BCUT2D eigenvalue weighted by Crippen LogP contribution is 2.49. The number of ketones is 1. The molecule has 35 heteroatoms. The third-order valence-electron chi connectivity index (χ3n) is 18.1. The van der Waals surface area contributed by atoms with Gasteiger partial charge in [-0.25, -0.2) is 40.3 Å². The molecule has 7 aromatic rings. The highest BCUT2D eigenvalue weighted by atomic mass is 127. The number of carbonyl (C=O) groups excluding carboxylic acids is 2. The Morgan fingerprint density at radius 2 is 0.862 bits per heavy atom. The van der Waals surface area contributed by atoms with Crippen LogP contribution >= 0.6 is 225 Å². The molecule has 582 valence electrons. The van der Waals surface area contributed by atoms with E-state index in [4.69, 9.17) is 22.0 Å². The summed E-state index contributed by atoms with van der Waals surface area (Å²) in [6, 6.07) is 15.8. The Balaban J connectivity index is 0.000000147. The number of Topliss-reactive ketones (excluding diaryl/α,β-unsaturated/α-hetero) is 1. The Kier molecular flexibility index (Phi) is 34.9. The molecule has 7 aromatic carbocycles. The lowest BCUT2D eigenvalue weighted by atomic mass is 10.00. The normalized spacial score (nSPS) is 17.9. The first-order chi connectivity index (χ1) is 51.6. The zero-order valence-corrected chi connectivity index (χ0v) is 80.7. The quantitative estimate of drug-likeness (QED) is 0.0211. The maximum absolute atomic E-state index is 14.0. The summed E-state index contributed by atoms with van der Waals surface area (Å²) in [6.07, 6.45) is 8.19. The number of rotatable bonds is 3. The van der Waals surface area contributed by atoms with E-state index in [1.54, 1.807) is 24.3 Å². The minimum Gasteiger partial charge on any atom is -0.478 e. The van der Waals surface area contributed by atoms with Crippen LogP contribution in [0.1, 0.15) is 104 Å². The SMILES string of the molecule is COC(=O)c1cc(F)c(Br)c2c1CC1=C2CS(=O)CC1.Fc1cc(I)c2c(c1Br)C1=C(CCSC1)C2.NNc1cc(Br)c(F)cc1I.Nc1cc(Br)c(F)cc1I.Nc1ccc(F)c(Br)c1.O=C(O)c1cc(F)c(Br)c2c1CC1=C2CS(=O)CC1.O=C1CCSCC1.O=S1CCC2=C(C1)c1c(Br)c(F)cc(I)c1C2. The van der Waals surface area contributed by atoms with Gasteiger partial charge in [-0.2, -0.15) is 23.5 Å². The van der Waals surface area contributed by atoms with Gasteiger partial charge in [0.2, 0.25) is 0 Å². The number of thioether (sulfide) groups is 2. The van der Waals surface area contributed by atoms with Gasteiger partial charge in [0.15, 0.2) is 0 Å². The van der Waals surface area contributed by atoms with Crippen molar-refractivity contribution in [2.75, 3.05) is 81.5 Å². The van der Waals surface area contributed by atoms with Crippen molar-refractivity contribution in [1.82, 2.24) is 0 Å². The molecule has 4 aliphatic carbocycles. The smallest absolute Gasteiger partial charge is 0.338 e. The van der Waals surface area contributed by atoms with E-state index in [1.807, 2.05) is 68.7 Å². The average molecular weight is 2500 g/mol. The number of hydrogen-bond donors (Lipinski definition) is 5. The number of benzene rings is 7. The molecule has 1 saturated heterocycles. The lowest BCUT2D eigenvalue weighted by Crippen LogP contribution is -2.12. The Labute approximate surface area is 754 Å². The molecule has 8 N–H and O–H groups in total. The number of carbonyl (C=O) groups is 3. The van der Waals surface area contributed by atoms with E-state index in [1.165, 1.54) is 83.5 Å². The number of halogens is 18. The number of carboxylic acid groups (broad SMARTS) is 1. The fourth-order valence-corrected chi connectivity index (χ4v) is 24.6. The second-order valence-electron chi connectivity index (χ2n) is 24.9. The number of carboxylic acids is 1. The number of allylic oxidation sites excluding steroid dienone is 4. The van der Waals surface area contributed by atoms with E-state index in [-0.39, 0.29) is 44.7 Å². The number of nitrogens with two attached hydrogens (primary N) is 3. The summed E-state index contributed by atoms with van der Waals surface area (Å²) in [5, 5.41) is 9.19. The summed E-state index contributed by atoms with van der Waals surface area (Å²) in [6.45, 7) is 0. The molecule has 5 aliphatic heterocycles. The topological polar surface area (TPSA) is 222 Å². The van der Waals surface area contributed by atoms with Crippen LogP contribution in [0, 0.1) is 55.0 Å². The van der Waals surface area contributed by atoms with Crippen LogP contribution in [-0.4, -0.2) is 100 Å². The number of ether oxygens (including phenoxy) is 1. The van der Waals surface area contributed by atoms with Crippen molar-refractivity contribution in [3.63, 3.8) is 0 Å². The Hall–Kier alpha value is -1.59. The van der Waals surface area contributed by atoms with E-state index in [0.717, 1.165) is 126 Å². The first kappa shape index (κ1) is 91.3. The van der Waals surface area contributed by atoms with E-state index >= 15 is 0 Å². The maximum atomic E-state index is 14.0. The zero-order valence-electron chi connectivity index (χ0n) is 56.9. The molecule has 5 heterocycles. The molecule has 16 rings (SSSR count). The molecule has 12 nitrogen and oxygen atoms in total. The van der Waals surface area contributed by atoms with Crippen LogP contribution in [-0.2, 0) is 67.6 Å². The molecule has 9 aliphatic rings. The minimum atomic E-state index is -1.12. The van der Waals surface area contributed by atoms with Gasteiger partial charge in [-0.3, -0.25) is 23.3 Å². The molecule has 3 unspecified atom stereocenters. The Morgan fingerprint density at radius 3 is 1.28 bits per heavy atom. The van der Waals surface area contributed by atoms with Crippen molar-refractivity contribution in [2.24, 2.45) is 5.84 Å².